The van der Waals surface area contributed by atoms with Gasteiger partial charge < -0.3 is 9.64 Å². The van der Waals surface area contributed by atoms with Gasteiger partial charge in [-0.05, 0) is 50.3 Å². The fourth-order valence-electron chi connectivity index (χ4n) is 3.81. The second-order valence-electron chi connectivity index (χ2n) is 6.76. The molecule has 130 valence electrons. The number of rotatable bonds is 4. The highest BCUT2D eigenvalue weighted by molar-refractivity contribution is 6.30. The second kappa shape index (κ2) is 7.14. The molecule has 0 aromatic heterocycles. The van der Waals surface area contributed by atoms with Crippen molar-refractivity contribution in [3.8, 4) is 0 Å². The smallest absolute Gasteiger partial charge is 0.309 e. The summed E-state index contributed by atoms with van der Waals surface area (Å²) in [5, 5.41) is 0.691. The molecule has 0 spiro atoms. The highest BCUT2D eigenvalue weighted by Crippen LogP contribution is 2.46. The summed E-state index contributed by atoms with van der Waals surface area (Å²) >= 11 is 5.98. The number of piperidine rings is 1. The van der Waals surface area contributed by atoms with Crippen LogP contribution in [0.1, 0.15) is 44.6 Å². The zero-order valence-corrected chi connectivity index (χ0v) is 14.8. The predicted octanol–water partition coefficient (Wildman–Crippen LogP) is 3.56. The van der Waals surface area contributed by atoms with E-state index in [4.69, 9.17) is 16.3 Å². The molecule has 0 radical (unpaired) electrons. The average molecular weight is 350 g/mol. The van der Waals surface area contributed by atoms with E-state index in [0.29, 0.717) is 37.6 Å². The molecule has 2 aliphatic rings. The molecule has 4 nitrogen and oxygen atoms in total. The fourth-order valence-corrected chi connectivity index (χ4v) is 3.93. The van der Waals surface area contributed by atoms with Crippen LogP contribution in [0.3, 0.4) is 0 Å². The SMILES string of the molecule is CCOC(=O)C1CCN(C(=O)C2(c3ccc(Cl)cc3)CCC2)CC1. The predicted molar refractivity (Wildman–Crippen MR) is 92.9 cm³/mol. The van der Waals surface area contributed by atoms with Crippen LogP contribution in [0.2, 0.25) is 5.02 Å². The van der Waals surface area contributed by atoms with Gasteiger partial charge in [0.1, 0.15) is 0 Å². The van der Waals surface area contributed by atoms with Crippen molar-refractivity contribution in [3.05, 3.63) is 34.9 Å². The topological polar surface area (TPSA) is 46.6 Å². The van der Waals surface area contributed by atoms with E-state index in [9.17, 15) is 9.59 Å². The van der Waals surface area contributed by atoms with Gasteiger partial charge in [-0.3, -0.25) is 9.59 Å². The molecule has 24 heavy (non-hydrogen) atoms. The number of carbonyl (C=O) groups excluding carboxylic acids is 2. The van der Waals surface area contributed by atoms with Crippen molar-refractivity contribution in [2.24, 2.45) is 5.92 Å². The first-order chi connectivity index (χ1) is 11.6. The van der Waals surface area contributed by atoms with Crippen LogP contribution >= 0.6 is 11.6 Å². The van der Waals surface area contributed by atoms with Gasteiger partial charge in [0.05, 0.1) is 17.9 Å². The van der Waals surface area contributed by atoms with Gasteiger partial charge in [-0.2, -0.15) is 0 Å². The Labute approximate surface area is 148 Å². The number of likely N-dealkylation sites (tertiary alicyclic amines) is 1. The quantitative estimate of drug-likeness (QED) is 0.781. The maximum Gasteiger partial charge on any atom is 0.309 e. The first-order valence-corrected chi connectivity index (χ1v) is 9.16. The molecule has 0 atom stereocenters. The number of hydrogen-bond donors (Lipinski definition) is 0. The summed E-state index contributed by atoms with van der Waals surface area (Å²) in [4.78, 5) is 27.0. The summed E-state index contributed by atoms with van der Waals surface area (Å²) in [5.41, 5.74) is 0.678. The van der Waals surface area contributed by atoms with Crippen LogP contribution in [-0.2, 0) is 19.7 Å². The van der Waals surface area contributed by atoms with Gasteiger partial charge in [-0.15, -0.1) is 0 Å². The summed E-state index contributed by atoms with van der Waals surface area (Å²) < 4.78 is 5.10. The Hall–Kier alpha value is -1.55. The molecule has 5 heteroatoms. The molecule has 1 aliphatic carbocycles. The molecule has 1 aromatic carbocycles. The van der Waals surface area contributed by atoms with E-state index >= 15 is 0 Å². The van der Waals surface area contributed by atoms with Crippen LogP contribution < -0.4 is 0 Å². The number of hydrogen-bond acceptors (Lipinski definition) is 3. The summed E-state index contributed by atoms with van der Waals surface area (Å²) in [5.74, 6) is 0.0147. The van der Waals surface area contributed by atoms with Crippen LogP contribution in [0, 0.1) is 5.92 Å². The number of esters is 1. The maximum absolute atomic E-state index is 13.2. The molecule has 1 heterocycles. The van der Waals surface area contributed by atoms with E-state index in [1.165, 1.54) is 0 Å². The van der Waals surface area contributed by atoms with Crippen LogP contribution in [0.4, 0.5) is 0 Å². The van der Waals surface area contributed by atoms with E-state index in [1.807, 2.05) is 36.1 Å². The van der Waals surface area contributed by atoms with E-state index in [0.717, 1.165) is 24.8 Å². The van der Waals surface area contributed by atoms with Gasteiger partial charge in [0.15, 0.2) is 0 Å². The fraction of sp³-hybridized carbons (Fsp3) is 0.579. The third-order valence-corrected chi connectivity index (χ3v) is 5.67. The number of ether oxygens (including phenoxy) is 1. The molecule has 1 aliphatic heterocycles. The normalized spacial score (nSPS) is 20.3. The monoisotopic (exact) mass is 349 g/mol. The molecule has 0 bridgehead atoms. The standard InChI is InChI=1S/C19H24ClNO3/c1-2-24-17(22)14-8-12-21(13-9-14)18(23)19(10-3-11-19)15-4-6-16(20)7-5-15/h4-7,14H,2-3,8-13H2,1H3. The van der Waals surface area contributed by atoms with Gasteiger partial charge in [-0.1, -0.05) is 30.2 Å². The zero-order valence-electron chi connectivity index (χ0n) is 14.1. The Kier molecular flexibility index (Phi) is 5.14. The number of nitrogens with zero attached hydrogens (tertiary/aromatic N) is 1. The number of carbonyl (C=O) groups is 2. The molecule has 0 unspecified atom stereocenters. The summed E-state index contributed by atoms with van der Waals surface area (Å²) in [6.45, 7) is 3.51. The lowest BCUT2D eigenvalue weighted by atomic mass is 9.63. The van der Waals surface area contributed by atoms with Crippen molar-refractivity contribution in [2.45, 2.75) is 44.4 Å². The molecule has 1 saturated carbocycles. The van der Waals surface area contributed by atoms with Crippen molar-refractivity contribution in [2.75, 3.05) is 19.7 Å². The molecule has 3 rings (SSSR count). The molecule has 2 fully saturated rings. The first kappa shape index (κ1) is 17.3. The summed E-state index contributed by atoms with van der Waals surface area (Å²) in [7, 11) is 0. The molecule has 1 amide bonds. The van der Waals surface area contributed by atoms with Crippen molar-refractivity contribution < 1.29 is 14.3 Å². The van der Waals surface area contributed by atoms with E-state index in [1.54, 1.807) is 0 Å². The Morgan fingerprint density at radius 3 is 2.33 bits per heavy atom. The van der Waals surface area contributed by atoms with E-state index in [2.05, 4.69) is 0 Å². The Morgan fingerprint density at radius 2 is 1.83 bits per heavy atom. The third-order valence-electron chi connectivity index (χ3n) is 5.42. The summed E-state index contributed by atoms with van der Waals surface area (Å²) in [6.07, 6.45) is 4.26. The van der Waals surface area contributed by atoms with Crippen molar-refractivity contribution in [1.82, 2.24) is 4.90 Å². The lowest BCUT2D eigenvalue weighted by Crippen LogP contribution is -2.53. The Bertz CT molecular complexity index is 602. The van der Waals surface area contributed by atoms with Crippen LogP contribution in [0.15, 0.2) is 24.3 Å². The van der Waals surface area contributed by atoms with Crippen molar-refractivity contribution in [1.29, 1.82) is 0 Å². The summed E-state index contributed by atoms with van der Waals surface area (Å²) in [6, 6.07) is 7.67. The molecule has 0 N–H and O–H groups in total. The van der Waals surface area contributed by atoms with Gasteiger partial charge in [0.25, 0.3) is 0 Å². The third kappa shape index (κ3) is 3.16. The van der Waals surface area contributed by atoms with E-state index in [-0.39, 0.29) is 23.2 Å². The van der Waals surface area contributed by atoms with Crippen LogP contribution in [0.25, 0.3) is 0 Å². The molecular formula is C19H24ClNO3. The van der Waals surface area contributed by atoms with Crippen molar-refractivity contribution >= 4 is 23.5 Å². The van der Waals surface area contributed by atoms with Crippen LogP contribution in [0.5, 0.6) is 0 Å². The largest absolute Gasteiger partial charge is 0.466 e. The van der Waals surface area contributed by atoms with Gasteiger partial charge in [-0.25, -0.2) is 0 Å². The van der Waals surface area contributed by atoms with Gasteiger partial charge in [0, 0.05) is 18.1 Å². The van der Waals surface area contributed by atoms with Gasteiger partial charge >= 0.3 is 5.97 Å². The maximum atomic E-state index is 13.2. The Balaban J connectivity index is 1.68. The minimum atomic E-state index is -0.388. The highest BCUT2D eigenvalue weighted by atomic mass is 35.5. The number of amides is 1. The Morgan fingerprint density at radius 1 is 1.21 bits per heavy atom. The molecule has 1 saturated heterocycles. The minimum Gasteiger partial charge on any atom is -0.466 e. The lowest BCUT2D eigenvalue weighted by Gasteiger charge is -2.45. The zero-order chi connectivity index (χ0) is 17.2. The lowest BCUT2D eigenvalue weighted by molar-refractivity contribution is -0.153. The molecular weight excluding hydrogens is 326 g/mol. The van der Waals surface area contributed by atoms with E-state index < -0.39 is 0 Å². The molecule has 1 aromatic rings. The first-order valence-electron chi connectivity index (χ1n) is 8.79. The number of halogens is 1. The van der Waals surface area contributed by atoms with Gasteiger partial charge in [0.2, 0.25) is 5.91 Å². The second-order valence-corrected chi connectivity index (χ2v) is 7.20. The van der Waals surface area contributed by atoms with Crippen molar-refractivity contribution in [3.63, 3.8) is 0 Å². The minimum absolute atomic E-state index is 0.0677. The number of benzene rings is 1. The average Bonchev–Trinajstić information content (AvgIpc) is 2.56. The van der Waals surface area contributed by atoms with Crippen LogP contribution in [-0.4, -0.2) is 36.5 Å². The highest BCUT2D eigenvalue weighted by Gasteiger charge is 2.48.